The minimum atomic E-state index is -4.54. The Morgan fingerprint density at radius 3 is 2.47 bits per heavy atom. The molecule has 98 valence electrons. The van der Waals surface area contributed by atoms with Gasteiger partial charge in [-0.1, -0.05) is 6.42 Å². The zero-order chi connectivity index (χ0) is 12.6. The summed E-state index contributed by atoms with van der Waals surface area (Å²) in [7, 11) is 0. The molecule has 6 heteroatoms. The number of hydrogen-bond donors (Lipinski definition) is 0. The summed E-state index contributed by atoms with van der Waals surface area (Å²) in [5, 5.41) is 0. The van der Waals surface area contributed by atoms with Gasteiger partial charge in [0.15, 0.2) is 0 Å². The summed E-state index contributed by atoms with van der Waals surface area (Å²) in [6, 6.07) is -0.249. The molecule has 0 bridgehead atoms. The fraction of sp³-hybridized carbons (Fsp3) is 0.909. The van der Waals surface area contributed by atoms with Crippen LogP contribution in [0, 0.1) is 5.92 Å². The molecule has 1 amide bonds. The molecule has 1 saturated heterocycles. The second-order valence-corrected chi connectivity index (χ2v) is 4.82. The summed E-state index contributed by atoms with van der Waals surface area (Å²) in [6.45, 7) is 0.183. The van der Waals surface area contributed by atoms with Gasteiger partial charge in [-0.05, 0) is 31.6 Å². The van der Waals surface area contributed by atoms with Gasteiger partial charge in [0.1, 0.15) is 0 Å². The molecule has 0 aromatic rings. The van der Waals surface area contributed by atoms with Gasteiger partial charge >= 0.3 is 12.3 Å². The van der Waals surface area contributed by atoms with Crippen molar-refractivity contribution in [3.8, 4) is 0 Å². The Morgan fingerprint density at radius 2 is 1.82 bits per heavy atom. The van der Waals surface area contributed by atoms with Crippen molar-refractivity contribution in [1.29, 1.82) is 0 Å². The number of hydrogen-bond acceptors (Lipinski definition) is 1. The van der Waals surface area contributed by atoms with Crippen LogP contribution in [-0.2, 0) is 4.79 Å². The van der Waals surface area contributed by atoms with Crippen LogP contribution in [0.4, 0.5) is 17.6 Å². The average Bonchev–Trinajstić information content (AvgIpc) is 2.75. The number of carbonyl (C=O) groups is 1. The van der Waals surface area contributed by atoms with Crippen molar-refractivity contribution in [3.63, 3.8) is 0 Å². The highest BCUT2D eigenvalue weighted by Gasteiger charge is 2.53. The number of carbonyl (C=O) groups excluding carboxylic acids is 1. The minimum absolute atomic E-state index is 0.183. The maximum absolute atomic E-state index is 13.0. The van der Waals surface area contributed by atoms with Gasteiger partial charge in [0.25, 0.3) is 5.91 Å². The van der Waals surface area contributed by atoms with E-state index in [4.69, 9.17) is 0 Å². The molecule has 1 saturated carbocycles. The lowest BCUT2D eigenvalue weighted by Crippen LogP contribution is -2.54. The van der Waals surface area contributed by atoms with E-state index in [9.17, 15) is 22.4 Å². The van der Waals surface area contributed by atoms with Crippen molar-refractivity contribution in [2.45, 2.75) is 50.5 Å². The zero-order valence-corrected chi connectivity index (χ0v) is 9.34. The number of piperidine rings is 1. The standard InChI is InChI=1S/C11H15F4NO/c12-9(13)11(14,15)10(17)16-6-2-4-7-3-1-5-8(7)16/h7-9H,1-6H2. The van der Waals surface area contributed by atoms with Gasteiger partial charge in [-0.25, -0.2) is 8.78 Å². The molecular formula is C11H15F4NO. The predicted octanol–water partition coefficient (Wildman–Crippen LogP) is 2.68. The Morgan fingerprint density at radius 1 is 1.18 bits per heavy atom. The summed E-state index contributed by atoms with van der Waals surface area (Å²) < 4.78 is 50.4. The van der Waals surface area contributed by atoms with E-state index >= 15 is 0 Å². The van der Waals surface area contributed by atoms with Crippen LogP contribution in [0.2, 0.25) is 0 Å². The van der Waals surface area contributed by atoms with Crippen molar-refractivity contribution in [2.75, 3.05) is 6.54 Å². The summed E-state index contributed by atoms with van der Waals surface area (Å²) in [5.74, 6) is -6.00. The Balaban J connectivity index is 2.13. The second-order valence-electron chi connectivity index (χ2n) is 4.82. The van der Waals surface area contributed by atoms with E-state index in [2.05, 4.69) is 0 Å². The van der Waals surface area contributed by atoms with Crippen LogP contribution in [0.3, 0.4) is 0 Å². The van der Waals surface area contributed by atoms with E-state index in [1.54, 1.807) is 0 Å². The third-order valence-corrected chi connectivity index (χ3v) is 3.81. The van der Waals surface area contributed by atoms with Crippen LogP contribution in [0.1, 0.15) is 32.1 Å². The van der Waals surface area contributed by atoms with Crippen molar-refractivity contribution in [2.24, 2.45) is 5.92 Å². The van der Waals surface area contributed by atoms with Crippen LogP contribution in [-0.4, -0.2) is 35.7 Å². The van der Waals surface area contributed by atoms with Crippen molar-refractivity contribution < 1.29 is 22.4 Å². The second kappa shape index (κ2) is 4.46. The lowest BCUT2D eigenvalue weighted by Gasteiger charge is -2.39. The Bertz CT molecular complexity index is 308. The molecule has 2 atom stereocenters. The first-order chi connectivity index (χ1) is 7.94. The van der Waals surface area contributed by atoms with Gasteiger partial charge in [0.05, 0.1) is 0 Å². The van der Waals surface area contributed by atoms with E-state index in [1.807, 2.05) is 0 Å². The van der Waals surface area contributed by atoms with E-state index < -0.39 is 18.3 Å². The number of halogens is 4. The molecule has 0 aromatic carbocycles. The highest BCUT2D eigenvalue weighted by molar-refractivity contribution is 5.84. The van der Waals surface area contributed by atoms with Crippen molar-refractivity contribution in [1.82, 2.24) is 4.90 Å². The third-order valence-electron chi connectivity index (χ3n) is 3.81. The number of fused-ring (bicyclic) bond motifs is 1. The van der Waals surface area contributed by atoms with Crippen molar-refractivity contribution in [3.05, 3.63) is 0 Å². The maximum atomic E-state index is 13.0. The number of likely N-dealkylation sites (tertiary alicyclic amines) is 1. The summed E-state index contributed by atoms with van der Waals surface area (Å²) in [5.41, 5.74) is 0. The molecule has 2 rings (SSSR count). The fourth-order valence-electron chi connectivity index (χ4n) is 2.99. The fourth-order valence-corrected chi connectivity index (χ4v) is 2.99. The van der Waals surface area contributed by atoms with E-state index in [0.717, 1.165) is 24.2 Å². The van der Waals surface area contributed by atoms with Gasteiger partial charge in [0.2, 0.25) is 0 Å². The molecule has 1 aliphatic heterocycles. The molecule has 2 aliphatic rings. The van der Waals surface area contributed by atoms with Crippen LogP contribution >= 0.6 is 0 Å². The molecule has 1 aliphatic carbocycles. The molecule has 17 heavy (non-hydrogen) atoms. The highest BCUT2D eigenvalue weighted by Crippen LogP contribution is 2.39. The Labute approximate surface area is 97.0 Å². The molecule has 2 nitrogen and oxygen atoms in total. The predicted molar refractivity (Wildman–Crippen MR) is 53.0 cm³/mol. The molecule has 0 radical (unpaired) electrons. The zero-order valence-electron chi connectivity index (χ0n) is 9.34. The first-order valence-electron chi connectivity index (χ1n) is 5.91. The van der Waals surface area contributed by atoms with Gasteiger partial charge in [-0.3, -0.25) is 4.79 Å². The lowest BCUT2D eigenvalue weighted by atomic mass is 9.91. The third kappa shape index (κ3) is 2.13. The highest BCUT2D eigenvalue weighted by atomic mass is 19.3. The number of rotatable bonds is 2. The van der Waals surface area contributed by atoms with E-state index in [0.29, 0.717) is 12.8 Å². The van der Waals surface area contributed by atoms with Gasteiger partial charge in [-0.2, -0.15) is 8.78 Å². The number of nitrogens with zero attached hydrogens (tertiary/aromatic N) is 1. The first-order valence-corrected chi connectivity index (χ1v) is 5.91. The summed E-state index contributed by atoms with van der Waals surface area (Å²) in [6.07, 6.45) is 0.0850. The first kappa shape index (κ1) is 12.6. The smallest absolute Gasteiger partial charge is 0.334 e. The average molecular weight is 253 g/mol. The number of alkyl halides is 4. The van der Waals surface area contributed by atoms with Crippen LogP contribution in [0.15, 0.2) is 0 Å². The molecule has 0 N–H and O–H groups in total. The molecule has 0 aromatic heterocycles. The summed E-state index contributed by atoms with van der Waals surface area (Å²) >= 11 is 0. The number of amides is 1. The van der Waals surface area contributed by atoms with Gasteiger partial charge in [-0.15, -0.1) is 0 Å². The topological polar surface area (TPSA) is 20.3 Å². The normalized spacial score (nSPS) is 29.6. The molecule has 0 spiro atoms. The quantitative estimate of drug-likeness (QED) is 0.693. The van der Waals surface area contributed by atoms with E-state index in [-0.39, 0.29) is 18.5 Å². The Kier molecular flexibility index (Phi) is 3.32. The molecule has 2 fully saturated rings. The summed E-state index contributed by atoms with van der Waals surface area (Å²) in [4.78, 5) is 12.5. The SMILES string of the molecule is O=C(N1CCCC2CCCC21)C(F)(F)C(F)F. The maximum Gasteiger partial charge on any atom is 0.383 e. The van der Waals surface area contributed by atoms with Crippen molar-refractivity contribution >= 4 is 5.91 Å². The van der Waals surface area contributed by atoms with Gasteiger partial charge in [0, 0.05) is 12.6 Å². The van der Waals surface area contributed by atoms with Crippen LogP contribution < -0.4 is 0 Å². The molecule has 1 heterocycles. The lowest BCUT2D eigenvalue weighted by molar-refractivity contribution is -0.184. The minimum Gasteiger partial charge on any atom is -0.334 e. The monoisotopic (exact) mass is 253 g/mol. The molecule has 2 unspecified atom stereocenters. The largest absolute Gasteiger partial charge is 0.383 e. The van der Waals surface area contributed by atoms with Crippen LogP contribution in [0.25, 0.3) is 0 Å². The Hall–Kier alpha value is -0.810. The van der Waals surface area contributed by atoms with Crippen LogP contribution in [0.5, 0.6) is 0 Å². The van der Waals surface area contributed by atoms with E-state index in [1.165, 1.54) is 0 Å². The molecular weight excluding hydrogens is 238 g/mol. The van der Waals surface area contributed by atoms with Gasteiger partial charge < -0.3 is 4.90 Å².